The molecule has 0 radical (unpaired) electrons. The summed E-state index contributed by atoms with van der Waals surface area (Å²) in [6, 6.07) is 6.62. The second kappa shape index (κ2) is 7.46. The summed E-state index contributed by atoms with van der Waals surface area (Å²) in [5.41, 5.74) is 0.348. The van der Waals surface area contributed by atoms with Gasteiger partial charge in [-0.1, -0.05) is 18.2 Å². The topological polar surface area (TPSA) is 32.7 Å². The molecule has 0 heterocycles. The molecule has 1 unspecified atom stereocenters. The van der Waals surface area contributed by atoms with Gasteiger partial charge in [-0.15, -0.1) is 0 Å². The van der Waals surface area contributed by atoms with Crippen LogP contribution >= 0.6 is 0 Å². The molecule has 1 aromatic carbocycles. The van der Waals surface area contributed by atoms with Gasteiger partial charge in [0.2, 0.25) is 0 Å². The Balaban J connectivity index is 2.66. The zero-order valence-electron chi connectivity index (χ0n) is 11.3. The minimum absolute atomic E-state index is 0.279. The third-order valence-electron chi connectivity index (χ3n) is 2.98. The predicted molar refractivity (Wildman–Crippen MR) is 69.9 cm³/mol. The molecule has 0 amide bonds. The fourth-order valence-corrected chi connectivity index (χ4v) is 1.83. The Morgan fingerprint density at radius 2 is 2.00 bits per heavy atom. The van der Waals surface area contributed by atoms with Crippen LogP contribution < -0.4 is 0 Å². The molecule has 0 aromatic heterocycles. The minimum Gasteiger partial charge on any atom is -0.387 e. The molecule has 1 aromatic rings. The number of halogens is 1. The Hall–Kier alpha value is -0.970. The summed E-state index contributed by atoms with van der Waals surface area (Å²) >= 11 is 0. The van der Waals surface area contributed by atoms with Crippen molar-refractivity contribution in [1.29, 1.82) is 0 Å². The second-order valence-electron chi connectivity index (χ2n) is 4.62. The SMILES string of the molecule is COCCN(CC(O)c1ccccc1F)C(C)C. The maximum atomic E-state index is 13.5. The lowest BCUT2D eigenvalue weighted by atomic mass is 10.1. The molecule has 0 aliphatic rings. The highest BCUT2D eigenvalue weighted by atomic mass is 19.1. The largest absolute Gasteiger partial charge is 0.387 e. The van der Waals surface area contributed by atoms with Crippen molar-refractivity contribution in [2.24, 2.45) is 0 Å². The van der Waals surface area contributed by atoms with Crippen LogP contribution in [0.2, 0.25) is 0 Å². The Morgan fingerprint density at radius 3 is 2.56 bits per heavy atom. The number of methoxy groups -OCH3 is 1. The van der Waals surface area contributed by atoms with Crippen LogP contribution in [0.4, 0.5) is 4.39 Å². The van der Waals surface area contributed by atoms with Crippen LogP contribution in [0.25, 0.3) is 0 Å². The lowest BCUT2D eigenvalue weighted by Gasteiger charge is -2.28. The molecule has 3 nitrogen and oxygen atoms in total. The van der Waals surface area contributed by atoms with Gasteiger partial charge in [-0.2, -0.15) is 0 Å². The Kier molecular flexibility index (Phi) is 6.25. The third-order valence-corrected chi connectivity index (χ3v) is 2.98. The van der Waals surface area contributed by atoms with E-state index in [9.17, 15) is 9.50 Å². The van der Waals surface area contributed by atoms with E-state index in [1.807, 2.05) is 13.8 Å². The van der Waals surface area contributed by atoms with Crippen LogP contribution in [0.5, 0.6) is 0 Å². The lowest BCUT2D eigenvalue weighted by Crippen LogP contribution is -2.37. The van der Waals surface area contributed by atoms with Gasteiger partial charge in [0, 0.05) is 31.8 Å². The average Bonchev–Trinajstić information content (AvgIpc) is 2.34. The molecule has 18 heavy (non-hydrogen) atoms. The van der Waals surface area contributed by atoms with Crippen molar-refractivity contribution in [1.82, 2.24) is 4.90 Å². The Labute approximate surface area is 108 Å². The summed E-state index contributed by atoms with van der Waals surface area (Å²) in [5.74, 6) is -0.361. The third kappa shape index (κ3) is 4.37. The van der Waals surface area contributed by atoms with E-state index >= 15 is 0 Å². The Morgan fingerprint density at radius 1 is 1.33 bits per heavy atom. The Bertz CT molecular complexity index is 357. The molecular formula is C14H22FNO2. The molecule has 1 atom stereocenters. The zero-order valence-corrected chi connectivity index (χ0v) is 11.3. The van der Waals surface area contributed by atoms with Gasteiger partial charge < -0.3 is 9.84 Å². The van der Waals surface area contributed by atoms with Gasteiger partial charge in [0.25, 0.3) is 0 Å². The minimum atomic E-state index is -0.814. The fraction of sp³-hybridized carbons (Fsp3) is 0.571. The number of aliphatic hydroxyl groups is 1. The van der Waals surface area contributed by atoms with Crippen molar-refractivity contribution in [3.63, 3.8) is 0 Å². The molecule has 0 aliphatic heterocycles. The van der Waals surface area contributed by atoms with Crippen molar-refractivity contribution in [3.8, 4) is 0 Å². The summed E-state index contributed by atoms with van der Waals surface area (Å²) in [6.45, 7) is 5.82. The number of rotatable bonds is 7. The molecule has 0 spiro atoms. The van der Waals surface area contributed by atoms with Crippen LogP contribution in [0.1, 0.15) is 25.5 Å². The van der Waals surface area contributed by atoms with E-state index in [0.717, 1.165) is 6.54 Å². The van der Waals surface area contributed by atoms with Crippen LogP contribution in [-0.2, 0) is 4.74 Å². The summed E-state index contributed by atoms with van der Waals surface area (Å²) in [6.07, 6.45) is -0.814. The smallest absolute Gasteiger partial charge is 0.129 e. The first kappa shape index (κ1) is 15.1. The highest BCUT2D eigenvalue weighted by Crippen LogP contribution is 2.18. The maximum absolute atomic E-state index is 13.5. The first-order valence-electron chi connectivity index (χ1n) is 6.21. The summed E-state index contributed by atoms with van der Waals surface area (Å²) < 4.78 is 18.6. The van der Waals surface area contributed by atoms with Crippen LogP contribution in [-0.4, -0.2) is 42.9 Å². The molecule has 0 aliphatic carbocycles. The number of benzene rings is 1. The van der Waals surface area contributed by atoms with Gasteiger partial charge in [-0.3, -0.25) is 4.90 Å². The standard InChI is InChI=1S/C14H22FNO2/c1-11(2)16(8-9-18-3)10-14(17)12-6-4-5-7-13(12)15/h4-7,11,14,17H,8-10H2,1-3H3. The maximum Gasteiger partial charge on any atom is 0.129 e. The first-order valence-corrected chi connectivity index (χ1v) is 6.21. The molecule has 102 valence electrons. The van der Waals surface area contributed by atoms with E-state index in [-0.39, 0.29) is 11.9 Å². The molecular weight excluding hydrogens is 233 g/mol. The van der Waals surface area contributed by atoms with Crippen molar-refractivity contribution >= 4 is 0 Å². The van der Waals surface area contributed by atoms with E-state index in [4.69, 9.17) is 4.74 Å². The van der Waals surface area contributed by atoms with Crippen LogP contribution in [0.3, 0.4) is 0 Å². The van der Waals surface area contributed by atoms with Gasteiger partial charge in [0.15, 0.2) is 0 Å². The van der Waals surface area contributed by atoms with Crippen molar-refractivity contribution in [2.75, 3.05) is 26.8 Å². The highest BCUT2D eigenvalue weighted by Gasteiger charge is 2.18. The fourth-order valence-electron chi connectivity index (χ4n) is 1.83. The number of ether oxygens (including phenoxy) is 1. The van der Waals surface area contributed by atoms with E-state index in [1.165, 1.54) is 6.07 Å². The number of hydrogen-bond acceptors (Lipinski definition) is 3. The summed E-state index contributed by atoms with van der Waals surface area (Å²) in [7, 11) is 1.64. The van der Waals surface area contributed by atoms with Gasteiger partial charge in [-0.05, 0) is 19.9 Å². The molecule has 0 saturated carbocycles. The molecule has 1 N–H and O–H groups in total. The molecule has 0 saturated heterocycles. The first-order chi connectivity index (χ1) is 8.56. The quantitative estimate of drug-likeness (QED) is 0.811. The molecule has 0 bridgehead atoms. The van der Waals surface area contributed by atoms with Gasteiger partial charge in [0.1, 0.15) is 5.82 Å². The van der Waals surface area contributed by atoms with E-state index in [0.29, 0.717) is 18.7 Å². The summed E-state index contributed by atoms with van der Waals surface area (Å²) in [4.78, 5) is 2.07. The second-order valence-corrected chi connectivity index (χ2v) is 4.62. The molecule has 0 fully saturated rings. The van der Waals surface area contributed by atoms with E-state index < -0.39 is 6.10 Å². The lowest BCUT2D eigenvalue weighted by molar-refractivity contribution is 0.0704. The molecule has 4 heteroatoms. The molecule has 1 rings (SSSR count). The number of aliphatic hydroxyl groups excluding tert-OH is 1. The normalized spacial score (nSPS) is 13.3. The van der Waals surface area contributed by atoms with E-state index in [1.54, 1.807) is 25.3 Å². The number of nitrogens with zero attached hydrogens (tertiary/aromatic N) is 1. The van der Waals surface area contributed by atoms with Crippen molar-refractivity contribution in [2.45, 2.75) is 26.0 Å². The average molecular weight is 255 g/mol. The van der Waals surface area contributed by atoms with Gasteiger partial charge >= 0.3 is 0 Å². The van der Waals surface area contributed by atoms with Gasteiger partial charge in [0.05, 0.1) is 12.7 Å². The zero-order chi connectivity index (χ0) is 13.5. The van der Waals surface area contributed by atoms with Crippen molar-refractivity contribution < 1.29 is 14.2 Å². The monoisotopic (exact) mass is 255 g/mol. The predicted octanol–water partition coefficient (Wildman–Crippen LogP) is 2.22. The van der Waals surface area contributed by atoms with Gasteiger partial charge in [-0.25, -0.2) is 4.39 Å². The summed E-state index contributed by atoms with van der Waals surface area (Å²) in [5, 5.41) is 10.1. The van der Waals surface area contributed by atoms with E-state index in [2.05, 4.69) is 4.90 Å². The van der Waals surface area contributed by atoms with Crippen molar-refractivity contribution in [3.05, 3.63) is 35.6 Å². The number of hydrogen-bond donors (Lipinski definition) is 1. The van der Waals surface area contributed by atoms with Crippen LogP contribution in [0.15, 0.2) is 24.3 Å². The highest BCUT2D eigenvalue weighted by molar-refractivity contribution is 5.20. The van der Waals surface area contributed by atoms with Crippen LogP contribution in [0, 0.1) is 5.82 Å².